The summed E-state index contributed by atoms with van der Waals surface area (Å²) in [6.07, 6.45) is 0. The highest BCUT2D eigenvalue weighted by atomic mass is 32.2. The number of ether oxygens (including phenoxy) is 2. The highest BCUT2D eigenvalue weighted by Gasteiger charge is 2.29. The fourth-order valence-electron chi connectivity index (χ4n) is 3.98. The molecule has 0 saturated heterocycles. The predicted octanol–water partition coefficient (Wildman–Crippen LogP) is 5.16. The lowest BCUT2D eigenvalue weighted by atomic mass is 10.1. The topological polar surface area (TPSA) is 142 Å². The van der Waals surface area contributed by atoms with Crippen molar-refractivity contribution in [3.05, 3.63) is 80.1 Å². The highest BCUT2D eigenvalue weighted by molar-refractivity contribution is 8.00. The molecule has 0 radical (unpaired) electrons. The second kappa shape index (κ2) is 14.9. The first-order valence-electron chi connectivity index (χ1n) is 13.5. The molecule has 0 aliphatic rings. The number of benzene rings is 1. The zero-order valence-corrected chi connectivity index (χ0v) is 26.5. The van der Waals surface area contributed by atoms with Crippen LogP contribution in [-0.4, -0.2) is 57.0 Å². The molecule has 0 spiro atoms. The summed E-state index contributed by atoms with van der Waals surface area (Å²) in [4.78, 5) is 52.0. The molecule has 226 valence electrons. The normalized spacial score (nSPS) is 11.5. The van der Waals surface area contributed by atoms with Crippen LogP contribution in [-0.2, 0) is 27.4 Å². The Morgan fingerprint density at radius 3 is 2.40 bits per heavy atom. The summed E-state index contributed by atoms with van der Waals surface area (Å²) in [5.41, 5.74) is 1.50. The van der Waals surface area contributed by atoms with Gasteiger partial charge in [-0.25, -0.2) is 9.59 Å². The van der Waals surface area contributed by atoms with Crippen molar-refractivity contribution < 1.29 is 28.7 Å². The summed E-state index contributed by atoms with van der Waals surface area (Å²) in [7, 11) is 0. The van der Waals surface area contributed by atoms with Gasteiger partial charge in [-0.15, -0.1) is 32.9 Å². The second-order valence-electron chi connectivity index (χ2n) is 9.08. The Balaban J connectivity index is 1.55. The number of esters is 2. The van der Waals surface area contributed by atoms with Crippen molar-refractivity contribution >= 4 is 63.2 Å². The van der Waals surface area contributed by atoms with Gasteiger partial charge < -0.3 is 24.7 Å². The Bertz CT molecular complexity index is 1580. The van der Waals surface area contributed by atoms with Crippen LogP contribution in [0.5, 0.6) is 0 Å². The molecule has 0 unspecified atom stereocenters. The fraction of sp³-hybridized carbons (Fsp3) is 0.310. The molecule has 43 heavy (non-hydrogen) atoms. The third-order valence-corrected chi connectivity index (χ3v) is 9.24. The van der Waals surface area contributed by atoms with Crippen molar-refractivity contribution in [2.75, 3.05) is 18.5 Å². The standard InChI is InChI=1S/C29H31N5O6S3/c1-5-39-27(37)22-17(3)23(28(38)40-6-2)43-26(22)31-24(35)18(4)42-29-33-32-21(15-30-25(36)20-13-10-14-41-20)34(29)16-19-11-8-7-9-12-19/h7-14,18H,5-6,15-16H2,1-4H3,(H,30,36)(H,31,35)/t18-/m0/s1. The Hall–Kier alpha value is -4.01. The maximum Gasteiger partial charge on any atom is 0.348 e. The van der Waals surface area contributed by atoms with Crippen molar-refractivity contribution in [2.24, 2.45) is 0 Å². The molecule has 1 atom stereocenters. The van der Waals surface area contributed by atoms with Crippen molar-refractivity contribution in [1.29, 1.82) is 0 Å². The summed E-state index contributed by atoms with van der Waals surface area (Å²) in [5, 5.41) is 16.2. The predicted molar refractivity (Wildman–Crippen MR) is 166 cm³/mol. The van der Waals surface area contributed by atoms with E-state index in [0.29, 0.717) is 28.0 Å². The Morgan fingerprint density at radius 2 is 1.72 bits per heavy atom. The third-order valence-electron chi connectivity index (χ3n) is 6.10. The molecule has 0 aliphatic carbocycles. The molecule has 11 nitrogen and oxygen atoms in total. The van der Waals surface area contributed by atoms with Gasteiger partial charge in [-0.05, 0) is 50.3 Å². The molecule has 0 fully saturated rings. The minimum Gasteiger partial charge on any atom is -0.462 e. The lowest BCUT2D eigenvalue weighted by molar-refractivity contribution is -0.115. The maximum atomic E-state index is 13.4. The van der Waals surface area contributed by atoms with Crippen LogP contribution >= 0.6 is 34.4 Å². The van der Waals surface area contributed by atoms with Gasteiger partial charge in [0.25, 0.3) is 5.91 Å². The van der Waals surface area contributed by atoms with Crippen LogP contribution in [0.3, 0.4) is 0 Å². The molecule has 2 N–H and O–H groups in total. The largest absolute Gasteiger partial charge is 0.462 e. The number of aromatic nitrogens is 3. The van der Waals surface area contributed by atoms with E-state index in [-0.39, 0.29) is 41.1 Å². The molecule has 3 heterocycles. The van der Waals surface area contributed by atoms with E-state index in [1.165, 1.54) is 23.1 Å². The molecule has 2 amide bonds. The number of thioether (sulfide) groups is 1. The van der Waals surface area contributed by atoms with E-state index in [4.69, 9.17) is 9.47 Å². The molecule has 3 aromatic heterocycles. The lowest BCUT2D eigenvalue weighted by Crippen LogP contribution is -2.25. The zero-order chi connectivity index (χ0) is 30.9. The quantitative estimate of drug-likeness (QED) is 0.150. The van der Waals surface area contributed by atoms with Crippen LogP contribution < -0.4 is 10.6 Å². The molecule has 0 bridgehead atoms. The number of hydrogen-bond acceptors (Lipinski definition) is 11. The molecular weight excluding hydrogens is 611 g/mol. The van der Waals surface area contributed by atoms with Crippen molar-refractivity contribution in [1.82, 2.24) is 20.1 Å². The lowest BCUT2D eigenvalue weighted by Gasteiger charge is -2.14. The molecular formula is C29H31N5O6S3. The van der Waals surface area contributed by atoms with Crippen LogP contribution in [0.4, 0.5) is 5.00 Å². The molecule has 0 aliphatic heterocycles. The van der Waals surface area contributed by atoms with E-state index in [1.54, 1.807) is 33.8 Å². The van der Waals surface area contributed by atoms with Gasteiger partial charge in [0.15, 0.2) is 11.0 Å². The van der Waals surface area contributed by atoms with Gasteiger partial charge in [0.2, 0.25) is 5.91 Å². The fourth-order valence-corrected chi connectivity index (χ4v) is 6.58. The summed E-state index contributed by atoms with van der Waals surface area (Å²) < 4.78 is 12.2. The van der Waals surface area contributed by atoms with E-state index in [1.807, 2.05) is 46.3 Å². The molecule has 4 rings (SSSR count). The Kier molecular flexibility index (Phi) is 11.1. The first-order valence-corrected chi connectivity index (χ1v) is 16.0. The first-order chi connectivity index (χ1) is 20.7. The minimum absolute atomic E-state index is 0.122. The summed E-state index contributed by atoms with van der Waals surface area (Å²) in [6.45, 7) is 7.56. The monoisotopic (exact) mass is 641 g/mol. The van der Waals surface area contributed by atoms with Gasteiger partial charge in [-0.2, -0.15) is 0 Å². The number of carbonyl (C=O) groups is 4. The number of nitrogens with zero attached hydrogens (tertiary/aromatic N) is 3. The average Bonchev–Trinajstić information content (AvgIpc) is 3.73. The molecule has 1 aromatic carbocycles. The van der Waals surface area contributed by atoms with Crippen molar-refractivity contribution in [3.8, 4) is 0 Å². The summed E-state index contributed by atoms with van der Waals surface area (Å²) in [5.74, 6) is -1.31. The highest BCUT2D eigenvalue weighted by Crippen LogP contribution is 2.35. The summed E-state index contributed by atoms with van der Waals surface area (Å²) >= 11 is 3.50. The Labute approximate surface area is 261 Å². The SMILES string of the molecule is CCOC(=O)c1sc(NC(=O)[C@H](C)Sc2nnc(CNC(=O)c3cccs3)n2Cc2ccccc2)c(C(=O)OCC)c1C. The van der Waals surface area contributed by atoms with Gasteiger partial charge in [0.1, 0.15) is 9.88 Å². The first kappa shape index (κ1) is 31.9. The van der Waals surface area contributed by atoms with E-state index in [9.17, 15) is 19.2 Å². The van der Waals surface area contributed by atoms with E-state index >= 15 is 0 Å². The average molecular weight is 642 g/mol. The van der Waals surface area contributed by atoms with Crippen molar-refractivity contribution in [2.45, 2.75) is 51.2 Å². The van der Waals surface area contributed by atoms with Gasteiger partial charge in [-0.1, -0.05) is 48.2 Å². The molecule has 14 heteroatoms. The molecule has 4 aromatic rings. The van der Waals surface area contributed by atoms with Crippen LogP contribution in [0.25, 0.3) is 0 Å². The van der Waals surface area contributed by atoms with Gasteiger partial charge >= 0.3 is 11.9 Å². The number of carbonyl (C=O) groups excluding carboxylic acids is 4. The van der Waals surface area contributed by atoms with Gasteiger partial charge in [0.05, 0.1) is 42.0 Å². The van der Waals surface area contributed by atoms with Crippen molar-refractivity contribution in [3.63, 3.8) is 0 Å². The van der Waals surface area contributed by atoms with E-state index < -0.39 is 23.1 Å². The number of rotatable bonds is 13. The smallest absolute Gasteiger partial charge is 0.348 e. The van der Waals surface area contributed by atoms with Gasteiger partial charge in [0, 0.05) is 0 Å². The number of thiophene rings is 2. The number of amides is 2. The van der Waals surface area contributed by atoms with Gasteiger partial charge in [-0.3, -0.25) is 9.59 Å². The zero-order valence-electron chi connectivity index (χ0n) is 24.0. The van der Waals surface area contributed by atoms with E-state index in [2.05, 4.69) is 20.8 Å². The summed E-state index contributed by atoms with van der Waals surface area (Å²) in [6, 6.07) is 13.3. The third kappa shape index (κ3) is 7.89. The number of hydrogen-bond donors (Lipinski definition) is 2. The number of anilines is 1. The van der Waals surface area contributed by atoms with Crippen LogP contribution in [0, 0.1) is 6.92 Å². The van der Waals surface area contributed by atoms with Crippen LogP contribution in [0.2, 0.25) is 0 Å². The minimum atomic E-state index is -0.671. The maximum absolute atomic E-state index is 13.4. The van der Waals surface area contributed by atoms with Crippen LogP contribution in [0.1, 0.15) is 67.4 Å². The molecule has 0 saturated carbocycles. The van der Waals surface area contributed by atoms with E-state index in [0.717, 1.165) is 16.9 Å². The van der Waals surface area contributed by atoms with Crippen LogP contribution in [0.15, 0.2) is 53.0 Å². The number of nitrogens with one attached hydrogen (secondary N) is 2. The Morgan fingerprint density at radius 1 is 1.00 bits per heavy atom. The second-order valence-corrected chi connectivity index (χ2v) is 12.4.